The third kappa shape index (κ3) is 5.82. The Bertz CT molecular complexity index is 865. The number of aliphatic hydroxyl groups is 1. The molecule has 1 atom stereocenters. The van der Waals surface area contributed by atoms with Gasteiger partial charge in [0.05, 0.1) is 13.2 Å². The van der Waals surface area contributed by atoms with E-state index in [0.717, 1.165) is 11.3 Å². The Labute approximate surface area is 162 Å². The van der Waals surface area contributed by atoms with Gasteiger partial charge in [-0.3, -0.25) is 9.59 Å². The summed E-state index contributed by atoms with van der Waals surface area (Å²) in [6, 6.07) is 10.5. The van der Waals surface area contributed by atoms with Gasteiger partial charge >= 0.3 is 5.97 Å². The molecule has 0 fully saturated rings. The maximum atomic E-state index is 12.1. The van der Waals surface area contributed by atoms with E-state index in [1.807, 2.05) is 32.0 Å². The van der Waals surface area contributed by atoms with Crippen molar-refractivity contribution in [2.75, 3.05) is 23.8 Å². The molecule has 2 aromatic rings. The SMILES string of the molecule is Cc1ccc(NCC(=O)Nc2ccc(C(=O)NC(CO)C(=O)O)cc2)cc1C. The summed E-state index contributed by atoms with van der Waals surface area (Å²) in [5.74, 6) is -2.20. The molecule has 0 radical (unpaired) electrons. The molecular weight excluding hydrogens is 362 g/mol. The lowest BCUT2D eigenvalue weighted by Crippen LogP contribution is -2.43. The first-order valence-corrected chi connectivity index (χ1v) is 8.65. The van der Waals surface area contributed by atoms with E-state index in [1.54, 1.807) is 0 Å². The monoisotopic (exact) mass is 385 g/mol. The molecule has 0 aliphatic carbocycles. The Morgan fingerprint density at radius 1 is 0.964 bits per heavy atom. The average molecular weight is 385 g/mol. The van der Waals surface area contributed by atoms with Crippen LogP contribution in [0.1, 0.15) is 21.5 Å². The van der Waals surface area contributed by atoms with Crippen LogP contribution in [-0.2, 0) is 9.59 Å². The van der Waals surface area contributed by atoms with Crippen LogP contribution in [0.5, 0.6) is 0 Å². The summed E-state index contributed by atoms with van der Waals surface area (Å²) in [5.41, 5.74) is 3.87. The molecule has 0 spiro atoms. The molecule has 0 aliphatic rings. The summed E-state index contributed by atoms with van der Waals surface area (Å²) in [6.45, 7) is 3.39. The van der Waals surface area contributed by atoms with Crippen LogP contribution in [-0.4, -0.2) is 47.2 Å². The van der Waals surface area contributed by atoms with Gasteiger partial charge in [-0.1, -0.05) is 6.07 Å². The van der Waals surface area contributed by atoms with Gasteiger partial charge in [0.25, 0.3) is 5.91 Å². The zero-order valence-corrected chi connectivity index (χ0v) is 15.7. The highest BCUT2D eigenvalue weighted by Gasteiger charge is 2.19. The highest BCUT2D eigenvalue weighted by atomic mass is 16.4. The van der Waals surface area contributed by atoms with E-state index in [4.69, 9.17) is 10.2 Å². The number of nitrogens with one attached hydrogen (secondary N) is 3. The molecule has 2 aromatic carbocycles. The van der Waals surface area contributed by atoms with Gasteiger partial charge in [-0.05, 0) is 61.4 Å². The predicted octanol–water partition coefficient (Wildman–Crippen LogP) is 1.53. The number of anilines is 2. The number of hydrogen-bond donors (Lipinski definition) is 5. The number of carbonyl (C=O) groups excluding carboxylic acids is 2. The van der Waals surface area contributed by atoms with Crippen molar-refractivity contribution in [2.24, 2.45) is 0 Å². The summed E-state index contributed by atoms with van der Waals surface area (Å²) < 4.78 is 0. The van der Waals surface area contributed by atoms with Crippen molar-refractivity contribution in [3.63, 3.8) is 0 Å². The molecule has 1 unspecified atom stereocenters. The Morgan fingerprint density at radius 3 is 2.18 bits per heavy atom. The zero-order valence-electron chi connectivity index (χ0n) is 15.7. The number of amides is 2. The number of carboxylic acid groups (broad SMARTS) is 1. The first kappa shape index (κ1) is 20.9. The van der Waals surface area contributed by atoms with Crippen LogP contribution >= 0.6 is 0 Å². The number of carboxylic acids is 1. The summed E-state index contributed by atoms with van der Waals surface area (Å²) in [4.78, 5) is 34.9. The largest absolute Gasteiger partial charge is 0.480 e. The van der Waals surface area contributed by atoms with Crippen LogP contribution in [0.3, 0.4) is 0 Å². The first-order chi connectivity index (χ1) is 13.3. The second-order valence-corrected chi connectivity index (χ2v) is 6.32. The van der Waals surface area contributed by atoms with Crippen molar-refractivity contribution in [1.29, 1.82) is 0 Å². The molecule has 2 rings (SSSR count). The van der Waals surface area contributed by atoms with E-state index >= 15 is 0 Å². The Hall–Kier alpha value is -3.39. The lowest BCUT2D eigenvalue weighted by molar-refractivity contribution is -0.140. The van der Waals surface area contributed by atoms with Crippen molar-refractivity contribution in [1.82, 2.24) is 5.32 Å². The molecule has 0 heterocycles. The summed E-state index contributed by atoms with van der Waals surface area (Å²) in [6.07, 6.45) is 0. The smallest absolute Gasteiger partial charge is 0.328 e. The molecule has 8 heteroatoms. The number of hydrogen-bond acceptors (Lipinski definition) is 5. The normalized spacial score (nSPS) is 11.4. The minimum atomic E-state index is -1.37. The maximum absolute atomic E-state index is 12.1. The Balaban J connectivity index is 1.88. The van der Waals surface area contributed by atoms with Gasteiger partial charge in [0.2, 0.25) is 5.91 Å². The van der Waals surface area contributed by atoms with Gasteiger partial charge in [-0.25, -0.2) is 4.79 Å². The van der Waals surface area contributed by atoms with E-state index < -0.39 is 24.5 Å². The van der Waals surface area contributed by atoms with Gasteiger partial charge in [0, 0.05) is 16.9 Å². The fourth-order valence-electron chi connectivity index (χ4n) is 2.37. The predicted molar refractivity (Wildman–Crippen MR) is 105 cm³/mol. The summed E-state index contributed by atoms with van der Waals surface area (Å²) in [5, 5.41) is 25.8. The molecule has 2 amide bonds. The van der Waals surface area contributed by atoms with Crippen molar-refractivity contribution >= 4 is 29.2 Å². The first-order valence-electron chi connectivity index (χ1n) is 8.65. The van der Waals surface area contributed by atoms with Crippen LogP contribution in [0.25, 0.3) is 0 Å². The molecule has 0 aliphatic heterocycles. The lowest BCUT2D eigenvalue weighted by atomic mass is 10.1. The fraction of sp³-hybridized carbons (Fsp3) is 0.250. The molecule has 0 aromatic heterocycles. The number of aryl methyl sites for hydroxylation is 2. The standard InChI is InChI=1S/C20H23N3O5/c1-12-3-6-16(9-13(12)2)21-10-18(25)22-15-7-4-14(5-8-15)19(26)23-17(11-24)20(27)28/h3-9,17,21,24H,10-11H2,1-2H3,(H,22,25)(H,23,26)(H,27,28). The van der Waals surface area contributed by atoms with E-state index in [9.17, 15) is 14.4 Å². The Kier molecular flexibility index (Phi) is 7.11. The van der Waals surface area contributed by atoms with Crippen molar-refractivity contribution in [2.45, 2.75) is 19.9 Å². The van der Waals surface area contributed by atoms with Gasteiger partial charge in [-0.15, -0.1) is 0 Å². The second-order valence-electron chi connectivity index (χ2n) is 6.32. The molecule has 28 heavy (non-hydrogen) atoms. The second kappa shape index (κ2) is 9.52. The third-order valence-electron chi connectivity index (χ3n) is 4.18. The van der Waals surface area contributed by atoms with E-state index in [1.165, 1.54) is 29.8 Å². The fourth-order valence-corrected chi connectivity index (χ4v) is 2.37. The number of carbonyl (C=O) groups is 3. The average Bonchev–Trinajstić information content (AvgIpc) is 2.67. The molecule has 0 saturated heterocycles. The zero-order chi connectivity index (χ0) is 20.7. The molecule has 5 N–H and O–H groups in total. The van der Waals surface area contributed by atoms with Crippen LogP contribution in [0.4, 0.5) is 11.4 Å². The van der Waals surface area contributed by atoms with E-state index in [0.29, 0.717) is 5.69 Å². The number of aliphatic carboxylic acids is 1. The van der Waals surface area contributed by atoms with Gasteiger partial charge in [0.15, 0.2) is 6.04 Å². The highest BCUT2D eigenvalue weighted by molar-refractivity contribution is 5.98. The molecule has 8 nitrogen and oxygen atoms in total. The van der Waals surface area contributed by atoms with Gasteiger partial charge < -0.3 is 26.2 Å². The molecule has 148 valence electrons. The highest BCUT2D eigenvalue weighted by Crippen LogP contribution is 2.14. The van der Waals surface area contributed by atoms with Crippen LogP contribution in [0.15, 0.2) is 42.5 Å². The van der Waals surface area contributed by atoms with Crippen molar-refractivity contribution in [3.05, 3.63) is 59.2 Å². The third-order valence-corrected chi connectivity index (χ3v) is 4.18. The van der Waals surface area contributed by atoms with Gasteiger partial charge in [0.1, 0.15) is 0 Å². The van der Waals surface area contributed by atoms with Crippen molar-refractivity contribution in [3.8, 4) is 0 Å². The van der Waals surface area contributed by atoms with Crippen LogP contribution in [0.2, 0.25) is 0 Å². The minimum Gasteiger partial charge on any atom is -0.480 e. The molecule has 0 bridgehead atoms. The maximum Gasteiger partial charge on any atom is 0.328 e. The van der Waals surface area contributed by atoms with Crippen LogP contribution in [0, 0.1) is 13.8 Å². The summed E-state index contributed by atoms with van der Waals surface area (Å²) >= 11 is 0. The minimum absolute atomic E-state index is 0.0849. The number of rotatable bonds is 8. The van der Waals surface area contributed by atoms with E-state index in [-0.39, 0.29) is 18.0 Å². The van der Waals surface area contributed by atoms with Crippen LogP contribution < -0.4 is 16.0 Å². The lowest BCUT2D eigenvalue weighted by Gasteiger charge is -2.12. The Morgan fingerprint density at radius 2 is 1.61 bits per heavy atom. The number of aliphatic hydroxyl groups excluding tert-OH is 1. The summed E-state index contributed by atoms with van der Waals surface area (Å²) in [7, 11) is 0. The van der Waals surface area contributed by atoms with Crippen molar-refractivity contribution < 1.29 is 24.6 Å². The van der Waals surface area contributed by atoms with E-state index in [2.05, 4.69) is 16.0 Å². The number of benzene rings is 2. The van der Waals surface area contributed by atoms with Gasteiger partial charge in [-0.2, -0.15) is 0 Å². The molecule has 0 saturated carbocycles. The molecular formula is C20H23N3O5. The quantitative estimate of drug-likeness (QED) is 0.469. The topological polar surface area (TPSA) is 128 Å².